The maximum absolute atomic E-state index is 5.57. The van der Waals surface area contributed by atoms with Crippen LogP contribution in [0.2, 0.25) is 0 Å². The Labute approximate surface area is 152 Å². The van der Waals surface area contributed by atoms with Crippen molar-refractivity contribution in [2.24, 2.45) is 4.99 Å². The van der Waals surface area contributed by atoms with Crippen molar-refractivity contribution in [1.29, 1.82) is 0 Å². The van der Waals surface area contributed by atoms with Gasteiger partial charge in [0.2, 0.25) is 0 Å². The maximum atomic E-state index is 5.57. The fourth-order valence-electron chi connectivity index (χ4n) is 3.20. The van der Waals surface area contributed by atoms with E-state index in [1.807, 2.05) is 7.05 Å². The molecule has 1 atom stereocenters. The third-order valence-electron chi connectivity index (χ3n) is 4.52. The van der Waals surface area contributed by atoms with E-state index in [9.17, 15) is 0 Å². The Hall–Kier alpha value is -1.59. The minimum Gasteiger partial charge on any atom is -0.379 e. The smallest absolute Gasteiger partial charge is 0.191 e. The Morgan fingerprint density at radius 3 is 2.52 bits per heavy atom. The highest BCUT2D eigenvalue weighted by molar-refractivity contribution is 5.79. The van der Waals surface area contributed by atoms with Crippen LogP contribution in [0.25, 0.3) is 0 Å². The highest BCUT2D eigenvalue weighted by Crippen LogP contribution is 2.24. The largest absolute Gasteiger partial charge is 0.379 e. The minimum atomic E-state index is 0.296. The Morgan fingerprint density at radius 1 is 1.16 bits per heavy atom. The number of hydrogen-bond donors (Lipinski definition) is 2. The highest BCUT2D eigenvalue weighted by Gasteiger charge is 2.23. The van der Waals surface area contributed by atoms with E-state index in [4.69, 9.17) is 4.74 Å². The van der Waals surface area contributed by atoms with Crippen LogP contribution in [0.4, 0.5) is 0 Å². The number of ether oxygens (including phenoxy) is 1. The third kappa shape index (κ3) is 7.04. The van der Waals surface area contributed by atoms with Gasteiger partial charge in [-0.1, -0.05) is 30.3 Å². The molecule has 2 N–H and O–H groups in total. The Morgan fingerprint density at radius 2 is 1.88 bits per heavy atom. The topological polar surface area (TPSA) is 48.9 Å². The number of likely N-dealkylation sites (tertiary alicyclic amines) is 1. The van der Waals surface area contributed by atoms with Gasteiger partial charge in [-0.3, -0.25) is 9.89 Å². The Bertz CT molecular complexity index is 498. The predicted molar refractivity (Wildman–Crippen MR) is 105 cm³/mol. The summed E-state index contributed by atoms with van der Waals surface area (Å²) in [6, 6.07) is 11.2. The standard InChI is InChI=1S/C20H34N4O/c1-17(2)25-15-9-12-22-20(21-3)23-16-19(24-13-7-8-14-24)18-10-5-4-6-11-18/h4-6,10-11,17,19H,7-9,12-16H2,1-3H3,(H2,21,22,23). The van der Waals surface area contributed by atoms with Gasteiger partial charge in [-0.15, -0.1) is 0 Å². The van der Waals surface area contributed by atoms with E-state index in [1.165, 1.54) is 31.5 Å². The summed E-state index contributed by atoms with van der Waals surface area (Å²) in [5.41, 5.74) is 1.37. The lowest BCUT2D eigenvalue weighted by atomic mass is 10.1. The van der Waals surface area contributed by atoms with Crippen LogP contribution in [0.1, 0.15) is 44.7 Å². The van der Waals surface area contributed by atoms with Gasteiger partial charge >= 0.3 is 0 Å². The quantitative estimate of drug-likeness (QED) is 0.410. The second-order valence-corrected chi connectivity index (χ2v) is 6.82. The molecule has 1 aromatic carbocycles. The predicted octanol–water partition coefficient (Wildman–Crippen LogP) is 2.80. The van der Waals surface area contributed by atoms with E-state index in [0.717, 1.165) is 32.1 Å². The first kappa shape index (κ1) is 19.7. The molecule has 0 aromatic heterocycles. The maximum Gasteiger partial charge on any atom is 0.191 e. The average molecular weight is 347 g/mol. The van der Waals surface area contributed by atoms with Crippen molar-refractivity contribution in [1.82, 2.24) is 15.5 Å². The molecular formula is C20H34N4O. The number of benzene rings is 1. The number of hydrogen-bond acceptors (Lipinski definition) is 3. The SMILES string of the molecule is CN=C(NCCCOC(C)C)NCC(c1ccccc1)N1CCCC1. The van der Waals surface area contributed by atoms with E-state index in [0.29, 0.717) is 12.1 Å². The minimum absolute atomic E-state index is 0.296. The first-order valence-electron chi connectivity index (χ1n) is 9.56. The molecule has 140 valence electrons. The second kappa shape index (κ2) is 11.1. The summed E-state index contributed by atoms with van der Waals surface area (Å²) in [6.07, 6.45) is 3.87. The molecule has 0 saturated carbocycles. The van der Waals surface area contributed by atoms with Crippen LogP contribution in [0, 0.1) is 0 Å². The van der Waals surface area contributed by atoms with Crippen LogP contribution in [-0.2, 0) is 4.74 Å². The van der Waals surface area contributed by atoms with Gasteiger partial charge in [0.15, 0.2) is 5.96 Å². The lowest BCUT2D eigenvalue weighted by Crippen LogP contribution is -2.43. The molecular weight excluding hydrogens is 312 g/mol. The first-order valence-corrected chi connectivity index (χ1v) is 9.56. The third-order valence-corrected chi connectivity index (χ3v) is 4.52. The van der Waals surface area contributed by atoms with Crippen molar-refractivity contribution >= 4 is 5.96 Å². The van der Waals surface area contributed by atoms with Gasteiger partial charge < -0.3 is 15.4 Å². The van der Waals surface area contributed by atoms with Crippen molar-refractivity contribution < 1.29 is 4.74 Å². The number of guanidine groups is 1. The molecule has 1 aliphatic rings. The number of aliphatic imine (C=N–C) groups is 1. The van der Waals surface area contributed by atoms with Crippen molar-refractivity contribution in [2.45, 2.75) is 45.3 Å². The first-order chi connectivity index (χ1) is 12.2. The summed E-state index contributed by atoms with van der Waals surface area (Å²) >= 11 is 0. The molecule has 0 amide bonds. The number of nitrogens with zero attached hydrogens (tertiary/aromatic N) is 2. The molecule has 5 nitrogen and oxygen atoms in total. The fraction of sp³-hybridized carbons (Fsp3) is 0.650. The summed E-state index contributed by atoms with van der Waals surface area (Å²) in [4.78, 5) is 6.92. The van der Waals surface area contributed by atoms with Gasteiger partial charge in [-0.25, -0.2) is 0 Å². The van der Waals surface area contributed by atoms with Crippen molar-refractivity contribution in [3.05, 3.63) is 35.9 Å². The molecule has 1 fully saturated rings. The van der Waals surface area contributed by atoms with Gasteiger partial charge in [0.1, 0.15) is 0 Å². The Kier molecular flexibility index (Phi) is 8.77. The molecule has 1 aromatic rings. The van der Waals surface area contributed by atoms with Gasteiger partial charge in [0.05, 0.1) is 12.1 Å². The van der Waals surface area contributed by atoms with E-state index in [2.05, 4.69) is 64.7 Å². The zero-order valence-corrected chi connectivity index (χ0v) is 16.0. The summed E-state index contributed by atoms with van der Waals surface area (Å²) in [5.74, 6) is 0.865. The molecule has 1 saturated heterocycles. The zero-order chi connectivity index (χ0) is 17.9. The summed E-state index contributed by atoms with van der Waals surface area (Å²) < 4.78 is 5.57. The summed E-state index contributed by atoms with van der Waals surface area (Å²) in [5, 5.41) is 6.88. The summed E-state index contributed by atoms with van der Waals surface area (Å²) in [6.45, 7) is 9.01. The highest BCUT2D eigenvalue weighted by atomic mass is 16.5. The number of nitrogens with one attached hydrogen (secondary N) is 2. The Balaban J connectivity index is 1.81. The molecule has 1 aliphatic heterocycles. The van der Waals surface area contributed by atoms with E-state index in [-0.39, 0.29) is 0 Å². The van der Waals surface area contributed by atoms with Crippen molar-refractivity contribution in [3.8, 4) is 0 Å². The molecule has 0 spiro atoms. The van der Waals surface area contributed by atoms with E-state index in [1.54, 1.807) is 0 Å². The van der Waals surface area contributed by atoms with Crippen LogP contribution < -0.4 is 10.6 Å². The molecule has 1 unspecified atom stereocenters. The molecule has 0 aliphatic carbocycles. The molecule has 2 rings (SSSR count). The fourth-order valence-corrected chi connectivity index (χ4v) is 3.20. The lowest BCUT2D eigenvalue weighted by molar-refractivity contribution is 0.0776. The lowest BCUT2D eigenvalue weighted by Gasteiger charge is -2.29. The van der Waals surface area contributed by atoms with Crippen LogP contribution >= 0.6 is 0 Å². The van der Waals surface area contributed by atoms with Crippen LogP contribution in [0.15, 0.2) is 35.3 Å². The van der Waals surface area contributed by atoms with Gasteiger partial charge in [-0.05, 0) is 51.8 Å². The molecule has 0 radical (unpaired) electrons. The van der Waals surface area contributed by atoms with Gasteiger partial charge in [0.25, 0.3) is 0 Å². The van der Waals surface area contributed by atoms with Crippen molar-refractivity contribution in [3.63, 3.8) is 0 Å². The second-order valence-electron chi connectivity index (χ2n) is 6.82. The summed E-state index contributed by atoms with van der Waals surface area (Å²) in [7, 11) is 1.83. The van der Waals surface area contributed by atoms with Crippen LogP contribution in [-0.4, -0.2) is 56.8 Å². The van der Waals surface area contributed by atoms with Gasteiger partial charge in [0, 0.05) is 26.7 Å². The van der Waals surface area contributed by atoms with Gasteiger partial charge in [-0.2, -0.15) is 0 Å². The van der Waals surface area contributed by atoms with Crippen molar-refractivity contribution in [2.75, 3.05) is 39.8 Å². The monoisotopic (exact) mass is 346 g/mol. The zero-order valence-electron chi connectivity index (χ0n) is 16.0. The van der Waals surface area contributed by atoms with E-state index < -0.39 is 0 Å². The molecule has 0 bridgehead atoms. The van der Waals surface area contributed by atoms with Crippen LogP contribution in [0.3, 0.4) is 0 Å². The van der Waals surface area contributed by atoms with Crippen LogP contribution in [0.5, 0.6) is 0 Å². The van der Waals surface area contributed by atoms with E-state index >= 15 is 0 Å². The average Bonchev–Trinajstić information content (AvgIpc) is 3.15. The molecule has 1 heterocycles. The normalized spacial score (nSPS) is 17.0. The molecule has 5 heteroatoms. The number of rotatable bonds is 9. The molecule has 25 heavy (non-hydrogen) atoms.